The number of hydrogen-bond acceptors (Lipinski definition) is 4. The van der Waals surface area contributed by atoms with Crippen LogP contribution in [-0.2, 0) is 11.2 Å². The van der Waals surface area contributed by atoms with Crippen molar-refractivity contribution in [3.8, 4) is 11.5 Å². The average Bonchev–Trinajstić information content (AvgIpc) is 3.03. The highest BCUT2D eigenvalue weighted by Gasteiger charge is 2.11. The van der Waals surface area contributed by atoms with E-state index in [4.69, 9.17) is 27.6 Å². The highest BCUT2D eigenvalue weighted by atomic mass is 35.5. The molecular formula is C17H13Cl2N3O2. The molecule has 122 valence electrons. The molecule has 0 aliphatic rings. The number of aryl methyl sites for hydroxylation is 1. The fraction of sp³-hybridized carbons (Fsp3) is 0.118. The van der Waals surface area contributed by atoms with Gasteiger partial charge >= 0.3 is 0 Å². The molecule has 0 aliphatic heterocycles. The van der Waals surface area contributed by atoms with Gasteiger partial charge in [0.05, 0.1) is 0 Å². The summed E-state index contributed by atoms with van der Waals surface area (Å²) in [4.78, 5) is 12.0. The van der Waals surface area contributed by atoms with Gasteiger partial charge in [-0.3, -0.25) is 4.79 Å². The van der Waals surface area contributed by atoms with Gasteiger partial charge in [-0.1, -0.05) is 29.3 Å². The lowest BCUT2D eigenvalue weighted by atomic mass is 10.2. The van der Waals surface area contributed by atoms with Crippen molar-refractivity contribution < 1.29 is 9.21 Å². The quantitative estimate of drug-likeness (QED) is 0.719. The van der Waals surface area contributed by atoms with Crippen molar-refractivity contribution in [1.29, 1.82) is 0 Å². The number of amides is 1. The number of carbonyl (C=O) groups excluding carboxylic acids is 1. The Bertz CT molecular complexity index is 847. The Hall–Kier alpha value is -2.37. The summed E-state index contributed by atoms with van der Waals surface area (Å²) in [7, 11) is 0. The Balaban J connectivity index is 1.57. The summed E-state index contributed by atoms with van der Waals surface area (Å²) in [6, 6.07) is 14.1. The van der Waals surface area contributed by atoms with Gasteiger partial charge < -0.3 is 9.73 Å². The van der Waals surface area contributed by atoms with E-state index in [1.807, 2.05) is 0 Å². The molecular weight excluding hydrogens is 349 g/mol. The third kappa shape index (κ3) is 4.34. The topological polar surface area (TPSA) is 68.0 Å². The van der Waals surface area contributed by atoms with E-state index in [0.717, 1.165) is 5.56 Å². The van der Waals surface area contributed by atoms with Gasteiger partial charge in [0, 0.05) is 34.1 Å². The Labute approximate surface area is 148 Å². The minimum absolute atomic E-state index is 0.150. The van der Waals surface area contributed by atoms with Crippen molar-refractivity contribution in [3.63, 3.8) is 0 Å². The van der Waals surface area contributed by atoms with Crippen molar-refractivity contribution >= 4 is 34.8 Å². The molecule has 7 heteroatoms. The second-order valence-electron chi connectivity index (χ2n) is 5.07. The molecule has 1 aromatic heterocycles. The van der Waals surface area contributed by atoms with E-state index in [1.54, 1.807) is 48.5 Å². The zero-order valence-corrected chi connectivity index (χ0v) is 14.0. The molecule has 1 amide bonds. The fourth-order valence-electron chi connectivity index (χ4n) is 2.07. The molecule has 0 unspecified atom stereocenters. The Kier molecular flexibility index (Phi) is 5.13. The molecule has 0 saturated heterocycles. The van der Waals surface area contributed by atoms with Gasteiger partial charge in [0.1, 0.15) is 0 Å². The Morgan fingerprint density at radius 2 is 1.83 bits per heavy atom. The number of carbonyl (C=O) groups is 1. The maximum Gasteiger partial charge on any atom is 0.247 e. The number of nitrogens with one attached hydrogen (secondary N) is 1. The lowest BCUT2D eigenvalue weighted by Crippen LogP contribution is -2.12. The van der Waals surface area contributed by atoms with Gasteiger partial charge in [-0.25, -0.2) is 0 Å². The molecule has 24 heavy (non-hydrogen) atoms. The SMILES string of the molecule is O=C(CCc1nnc(-c2ccc(Cl)cc2)o1)Nc1cccc(Cl)c1. The van der Waals surface area contributed by atoms with Crippen molar-refractivity contribution in [1.82, 2.24) is 10.2 Å². The van der Waals surface area contributed by atoms with Crippen LogP contribution in [0, 0.1) is 0 Å². The third-order valence-corrected chi connectivity index (χ3v) is 3.72. The summed E-state index contributed by atoms with van der Waals surface area (Å²) in [6.07, 6.45) is 0.585. The highest BCUT2D eigenvalue weighted by molar-refractivity contribution is 6.31. The van der Waals surface area contributed by atoms with E-state index >= 15 is 0 Å². The van der Waals surface area contributed by atoms with Crippen LogP contribution in [0.25, 0.3) is 11.5 Å². The van der Waals surface area contributed by atoms with Gasteiger partial charge in [-0.2, -0.15) is 0 Å². The molecule has 0 radical (unpaired) electrons. The maximum absolute atomic E-state index is 12.0. The zero-order chi connectivity index (χ0) is 16.9. The van der Waals surface area contributed by atoms with Gasteiger partial charge in [-0.05, 0) is 42.5 Å². The molecule has 0 saturated carbocycles. The van der Waals surface area contributed by atoms with Gasteiger partial charge in [-0.15, -0.1) is 10.2 Å². The number of aromatic nitrogens is 2. The molecule has 0 bridgehead atoms. The third-order valence-electron chi connectivity index (χ3n) is 3.23. The lowest BCUT2D eigenvalue weighted by molar-refractivity contribution is -0.116. The molecule has 5 nitrogen and oxygen atoms in total. The van der Waals surface area contributed by atoms with E-state index < -0.39 is 0 Å². The van der Waals surface area contributed by atoms with E-state index in [2.05, 4.69) is 15.5 Å². The predicted octanol–water partition coefficient (Wildman–Crippen LogP) is 4.61. The van der Waals surface area contributed by atoms with E-state index in [0.29, 0.717) is 33.9 Å². The largest absolute Gasteiger partial charge is 0.421 e. The first kappa shape index (κ1) is 16.5. The van der Waals surface area contributed by atoms with Crippen molar-refractivity contribution in [2.24, 2.45) is 0 Å². The van der Waals surface area contributed by atoms with Crippen LogP contribution in [0.1, 0.15) is 12.3 Å². The molecule has 1 N–H and O–H groups in total. The smallest absolute Gasteiger partial charge is 0.247 e. The summed E-state index contributed by atoms with van der Waals surface area (Å²) in [5.41, 5.74) is 1.43. The standard InChI is InChI=1S/C17H13Cl2N3O2/c18-12-6-4-11(5-7-12)17-22-21-16(24-17)9-8-15(23)20-14-3-1-2-13(19)10-14/h1-7,10H,8-9H2,(H,20,23). The predicted molar refractivity (Wildman–Crippen MR) is 93.1 cm³/mol. The minimum atomic E-state index is -0.150. The van der Waals surface area contributed by atoms with Gasteiger partial charge in [0.15, 0.2) is 0 Å². The van der Waals surface area contributed by atoms with Crippen molar-refractivity contribution in [2.75, 3.05) is 5.32 Å². The Morgan fingerprint density at radius 3 is 2.58 bits per heavy atom. The zero-order valence-electron chi connectivity index (χ0n) is 12.5. The monoisotopic (exact) mass is 361 g/mol. The summed E-state index contributed by atoms with van der Waals surface area (Å²) < 4.78 is 5.56. The van der Waals surface area contributed by atoms with Crippen molar-refractivity contribution in [2.45, 2.75) is 12.8 Å². The Morgan fingerprint density at radius 1 is 1.04 bits per heavy atom. The molecule has 1 heterocycles. The summed E-state index contributed by atoms with van der Waals surface area (Å²) in [6.45, 7) is 0. The lowest BCUT2D eigenvalue weighted by Gasteiger charge is -2.04. The minimum Gasteiger partial charge on any atom is -0.421 e. The van der Waals surface area contributed by atoms with Crippen LogP contribution in [0.3, 0.4) is 0 Å². The van der Waals surface area contributed by atoms with E-state index in [9.17, 15) is 4.79 Å². The van der Waals surface area contributed by atoms with E-state index in [-0.39, 0.29) is 12.3 Å². The molecule has 0 fully saturated rings. The summed E-state index contributed by atoms with van der Waals surface area (Å²) >= 11 is 11.7. The van der Waals surface area contributed by atoms with Crippen LogP contribution in [0.2, 0.25) is 10.0 Å². The molecule has 3 rings (SSSR count). The van der Waals surface area contributed by atoms with Crippen LogP contribution >= 0.6 is 23.2 Å². The van der Waals surface area contributed by atoms with Crippen molar-refractivity contribution in [3.05, 3.63) is 64.5 Å². The second-order valence-corrected chi connectivity index (χ2v) is 5.94. The number of hydrogen-bond donors (Lipinski definition) is 1. The molecule has 3 aromatic rings. The van der Waals surface area contributed by atoms with Crippen LogP contribution < -0.4 is 5.32 Å². The van der Waals surface area contributed by atoms with Crippen LogP contribution in [0.5, 0.6) is 0 Å². The molecule has 0 atom stereocenters. The fourth-order valence-corrected chi connectivity index (χ4v) is 2.39. The maximum atomic E-state index is 12.0. The molecule has 0 spiro atoms. The number of halogens is 2. The second kappa shape index (κ2) is 7.47. The van der Waals surface area contributed by atoms with Crippen LogP contribution in [0.4, 0.5) is 5.69 Å². The average molecular weight is 362 g/mol. The number of rotatable bonds is 5. The summed E-state index contributed by atoms with van der Waals surface area (Å²) in [5.74, 6) is 0.654. The highest BCUT2D eigenvalue weighted by Crippen LogP contribution is 2.21. The number of benzene rings is 2. The first-order valence-electron chi connectivity index (χ1n) is 7.24. The van der Waals surface area contributed by atoms with Crippen LogP contribution in [0.15, 0.2) is 52.9 Å². The van der Waals surface area contributed by atoms with E-state index in [1.165, 1.54) is 0 Å². The first-order chi connectivity index (χ1) is 11.6. The normalized spacial score (nSPS) is 10.6. The summed E-state index contributed by atoms with van der Waals surface area (Å²) in [5, 5.41) is 11.9. The van der Waals surface area contributed by atoms with Gasteiger partial charge in [0.25, 0.3) is 0 Å². The first-order valence-corrected chi connectivity index (χ1v) is 7.99. The van der Waals surface area contributed by atoms with Crippen LogP contribution in [-0.4, -0.2) is 16.1 Å². The molecule has 2 aromatic carbocycles. The molecule has 0 aliphatic carbocycles. The number of anilines is 1. The number of nitrogens with zero attached hydrogens (tertiary/aromatic N) is 2. The van der Waals surface area contributed by atoms with Gasteiger partial charge in [0.2, 0.25) is 17.7 Å².